The van der Waals surface area contributed by atoms with Crippen molar-refractivity contribution in [3.63, 3.8) is 0 Å². The Hall–Kier alpha value is -1.56. The van der Waals surface area contributed by atoms with Gasteiger partial charge in [-0.05, 0) is 26.3 Å². The van der Waals surface area contributed by atoms with Crippen LogP contribution >= 0.6 is 11.8 Å². The number of rotatable bonds is 6. The molecule has 1 aromatic carbocycles. The lowest BCUT2D eigenvalue weighted by atomic mass is 10.1. The maximum Gasteiger partial charge on any atom is 0.269 e. The van der Waals surface area contributed by atoms with Gasteiger partial charge in [0, 0.05) is 23.4 Å². The van der Waals surface area contributed by atoms with E-state index < -0.39 is 4.92 Å². The molecule has 0 aliphatic rings. The molecule has 0 unspecified atom stereocenters. The molecule has 0 saturated carbocycles. The van der Waals surface area contributed by atoms with Gasteiger partial charge in [0.1, 0.15) is 0 Å². The number of hydrogen-bond acceptors (Lipinski definition) is 4. The predicted molar refractivity (Wildman–Crippen MR) is 77.2 cm³/mol. The quantitative estimate of drug-likeness (QED) is 0.643. The lowest BCUT2D eigenvalue weighted by molar-refractivity contribution is -0.384. The summed E-state index contributed by atoms with van der Waals surface area (Å²) in [5.74, 6) is 0.333. The maximum absolute atomic E-state index is 11.5. The highest BCUT2D eigenvalue weighted by atomic mass is 32.2. The molecule has 0 bridgehead atoms. The van der Waals surface area contributed by atoms with Crippen LogP contribution < -0.4 is 5.32 Å². The van der Waals surface area contributed by atoms with Crippen LogP contribution in [0.4, 0.5) is 5.69 Å². The Labute approximate surface area is 116 Å². The number of nitrogens with zero attached hydrogens (tertiary/aromatic N) is 1. The van der Waals surface area contributed by atoms with E-state index in [4.69, 9.17) is 0 Å². The first-order valence-electron chi connectivity index (χ1n) is 6.05. The molecule has 0 saturated heterocycles. The lowest BCUT2D eigenvalue weighted by Crippen LogP contribution is -2.31. The first kappa shape index (κ1) is 15.5. The number of nitro groups is 1. The Balaban J connectivity index is 2.58. The van der Waals surface area contributed by atoms with Crippen LogP contribution in [0.3, 0.4) is 0 Å². The van der Waals surface area contributed by atoms with Crippen molar-refractivity contribution >= 4 is 23.4 Å². The number of carbonyl (C=O) groups is 1. The highest BCUT2D eigenvalue weighted by Gasteiger charge is 2.13. The predicted octanol–water partition coefficient (Wildman–Crippen LogP) is 2.91. The minimum Gasteiger partial charge on any atom is -0.353 e. The number of hydrogen-bond donors (Lipinski definition) is 1. The van der Waals surface area contributed by atoms with Gasteiger partial charge in [0.2, 0.25) is 5.91 Å². The maximum atomic E-state index is 11.5. The molecule has 104 valence electrons. The normalized spacial score (nSPS) is 12.2. The highest BCUT2D eigenvalue weighted by molar-refractivity contribution is 8.00. The highest BCUT2D eigenvalue weighted by Crippen LogP contribution is 2.29. The summed E-state index contributed by atoms with van der Waals surface area (Å²) in [5, 5.41) is 13.5. The van der Waals surface area contributed by atoms with Gasteiger partial charge in [-0.25, -0.2) is 0 Å². The van der Waals surface area contributed by atoms with Crippen LogP contribution in [-0.2, 0) is 4.79 Å². The fourth-order valence-corrected chi connectivity index (χ4v) is 2.38. The molecular weight excluding hydrogens is 264 g/mol. The van der Waals surface area contributed by atoms with Crippen molar-refractivity contribution in [2.45, 2.75) is 32.1 Å². The van der Waals surface area contributed by atoms with Gasteiger partial charge in [-0.1, -0.05) is 12.1 Å². The van der Waals surface area contributed by atoms with Crippen molar-refractivity contribution in [1.82, 2.24) is 5.32 Å². The summed E-state index contributed by atoms with van der Waals surface area (Å²) in [6.07, 6.45) is 0. The van der Waals surface area contributed by atoms with Crippen LogP contribution in [0.2, 0.25) is 0 Å². The van der Waals surface area contributed by atoms with E-state index in [1.54, 1.807) is 12.1 Å². The van der Waals surface area contributed by atoms with Crippen LogP contribution in [0.1, 0.15) is 31.6 Å². The Morgan fingerprint density at radius 1 is 1.42 bits per heavy atom. The molecule has 0 spiro atoms. The van der Waals surface area contributed by atoms with Crippen molar-refractivity contribution in [1.29, 1.82) is 0 Å². The average Bonchev–Trinajstić information content (AvgIpc) is 2.35. The summed E-state index contributed by atoms with van der Waals surface area (Å²) >= 11 is 1.47. The second kappa shape index (κ2) is 7.13. The molecule has 1 aromatic rings. The first-order chi connectivity index (χ1) is 8.90. The molecule has 0 aliphatic carbocycles. The van der Waals surface area contributed by atoms with E-state index in [0.29, 0.717) is 5.75 Å². The summed E-state index contributed by atoms with van der Waals surface area (Å²) in [6, 6.07) is 6.65. The van der Waals surface area contributed by atoms with Crippen LogP contribution in [-0.4, -0.2) is 22.6 Å². The Bertz CT molecular complexity index is 463. The molecule has 0 fully saturated rings. The van der Waals surface area contributed by atoms with E-state index in [1.807, 2.05) is 26.8 Å². The number of amides is 1. The number of non-ortho nitro benzene ring substituents is 1. The molecule has 1 N–H and O–H groups in total. The van der Waals surface area contributed by atoms with Gasteiger partial charge >= 0.3 is 0 Å². The van der Waals surface area contributed by atoms with Gasteiger partial charge in [-0.3, -0.25) is 14.9 Å². The zero-order valence-corrected chi connectivity index (χ0v) is 12.1. The molecule has 1 rings (SSSR count). The second-order valence-corrected chi connectivity index (χ2v) is 5.86. The Morgan fingerprint density at radius 3 is 2.68 bits per heavy atom. The summed E-state index contributed by atoms with van der Waals surface area (Å²) in [5.41, 5.74) is 0.938. The molecule has 0 radical (unpaired) electrons. The van der Waals surface area contributed by atoms with E-state index in [0.717, 1.165) is 5.56 Å². The third kappa shape index (κ3) is 5.30. The fraction of sp³-hybridized carbons (Fsp3) is 0.462. The standard InChI is InChI=1S/C13H18N2O3S/c1-9(2)14-13(16)8-19-10(3)11-5-4-6-12(7-11)15(17)18/h4-7,9-10H,8H2,1-3H3,(H,14,16)/t10-/m1/s1. The van der Waals surface area contributed by atoms with Gasteiger partial charge in [0.25, 0.3) is 5.69 Å². The van der Waals surface area contributed by atoms with Crippen LogP contribution in [0.15, 0.2) is 24.3 Å². The third-order valence-electron chi connectivity index (χ3n) is 2.46. The number of carbonyl (C=O) groups excluding carboxylic acids is 1. The van der Waals surface area contributed by atoms with E-state index in [1.165, 1.54) is 17.8 Å². The Kier molecular flexibility index (Phi) is 5.82. The van der Waals surface area contributed by atoms with Crippen LogP contribution in [0, 0.1) is 10.1 Å². The molecule has 5 nitrogen and oxygen atoms in total. The van der Waals surface area contributed by atoms with E-state index >= 15 is 0 Å². The van der Waals surface area contributed by atoms with Gasteiger partial charge in [-0.2, -0.15) is 0 Å². The zero-order valence-electron chi connectivity index (χ0n) is 11.3. The van der Waals surface area contributed by atoms with Crippen LogP contribution in [0.5, 0.6) is 0 Å². The van der Waals surface area contributed by atoms with E-state index in [2.05, 4.69) is 5.32 Å². The third-order valence-corrected chi connectivity index (χ3v) is 3.67. The molecule has 6 heteroatoms. The number of nitro benzene ring substituents is 1. The lowest BCUT2D eigenvalue weighted by Gasteiger charge is -2.12. The summed E-state index contributed by atoms with van der Waals surface area (Å²) in [7, 11) is 0. The van der Waals surface area contributed by atoms with Crippen molar-refractivity contribution in [2.75, 3.05) is 5.75 Å². The summed E-state index contributed by atoms with van der Waals surface area (Å²) < 4.78 is 0. The smallest absolute Gasteiger partial charge is 0.269 e. The SMILES string of the molecule is CC(C)NC(=O)CS[C@H](C)c1cccc([N+](=O)[O-])c1. The van der Waals surface area contributed by atoms with Crippen molar-refractivity contribution in [2.24, 2.45) is 0 Å². The molecule has 0 aromatic heterocycles. The number of thioether (sulfide) groups is 1. The van der Waals surface area contributed by atoms with Crippen molar-refractivity contribution < 1.29 is 9.72 Å². The van der Waals surface area contributed by atoms with Gasteiger partial charge in [0.05, 0.1) is 10.7 Å². The van der Waals surface area contributed by atoms with Gasteiger partial charge in [-0.15, -0.1) is 11.8 Å². The number of benzene rings is 1. The van der Waals surface area contributed by atoms with E-state index in [-0.39, 0.29) is 22.9 Å². The first-order valence-corrected chi connectivity index (χ1v) is 7.10. The molecule has 1 atom stereocenters. The summed E-state index contributed by atoms with van der Waals surface area (Å²) in [6.45, 7) is 5.76. The molecule has 0 heterocycles. The number of nitrogens with one attached hydrogen (secondary N) is 1. The van der Waals surface area contributed by atoms with Crippen molar-refractivity contribution in [3.8, 4) is 0 Å². The van der Waals surface area contributed by atoms with Crippen molar-refractivity contribution in [3.05, 3.63) is 39.9 Å². The largest absolute Gasteiger partial charge is 0.353 e. The molecule has 19 heavy (non-hydrogen) atoms. The van der Waals surface area contributed by atoms with Crippen LogP contribution in [0.25, 0.3) is 0 Å². The topological polar surface area (TPSA) is 72.2 Å². The molecule has 0 aliphatic heterocycles. The molecular formula is C13H18N2O3S. The second-order valence-electron chi connectivity index (χ2n) is 4.53. The fourth-order valence-electron chi connectivity index (χ4n) is 1.55. The van der Waals surface area contributed by atoms with Gasteiger partial charge in [0.15, 0.2) is 0 Å². The Morgan fingerprint density at radius 2 is 2.11 bits per heavy atom. The monoisotopic (exact) mass is 282 g/mol. The van der Waals surface area contributed by atoms with Gasteiger partial charge < -0.3 is 5.32 Å². The minimum absolute atomic E-state index is 0.0164. The minimum atomic E-state index is -0.410. The average molecular weight is 282 g/mol. The molecule has 1 amide bonds. The summed E-state index contributed by atoms with van der Waals surface area (Å²) in [4.78, 5) is 21.8. The van der Waals surface area contributed by atoms with E-state index in [9.17, 15) is 14.9 Å². The zero-order chi connectivity index (χ0) is 14.4.